The summed E-state index contributed by atoms with van der Waals surface area (Å²) in [5, 5.41) is 0. The van der Waals surface area contributed by atoms with Crippen LogP contribution in [0.2, 0.25) is 0 Å². The molecule has 0 aromatic heterocycles. The number of hydrogen-bond donors (Lipinski definition) is 0. The van der Waals surface area contributed by atoms with E-state index in [1.54, 1.807) is 25.1 Å². The molecule has 0 aliphatic heterocycles. The highest BCUT2D eigenvalue weighted by Gasteiger charge is 2.21. The summed E-state index contributed by atoms with van der Waals surface area (Å²) in [4.78, 5) is 22.9. The molecule has 2 heteroatoms. The van der Waals surface area contributed by atoms with E-state index in [9.17, 15) is 9.59 Å². The van der Waals surface area contributed by atoms with E-state index < -0.39 is 0 Å². The number of hydrogen-bond acceptors (Lipinski definition) is 2. The van der Waals surface area contributed by atoms with Gasteiger partial charge in [0.2, 0.25) is 0 Å². The van der Waals surface area contributed by atoms with Crippen LogP contribution < -0.4 is 0 Å². The predicted molar refractivity (Wildman–Crippen MR) is 47.7 cm³/mol. The van der Waals surface area contributed by atoms with Crippen LogP contribution in [0.4, 0.5) is 0 Å². The van der Waals surface area contributed by atoms with Crippen molar-refractivity contribution in [2.24, 2.45) is 0 Å². The SMILES string of the molecule is CC1=CC(=O)c2[c]cccc2C1=O. The monoisotopic (exact) mass is 171 g/mol. The largest absolute Gasteiger partial charge is 0.289 e. The topological polar surface area (TPSA) is 34.1 Å². The molecule has 0 saturated carbocycles. The maximum absolute atomic E-state index is 11.5. The highest BCUT2D eigenvalue weighted by molar-refractivity contribution is 6.24. The van der Waals surface area contributed by atoms with Crippen molar-refractivity contribution in [2.75, 3.05) is 0 Å². The molecule has 1 aliphatic rings. The number of Topliss-reactive ketones (excluding diaryl/α,β-unsaturated/α-hetero) is 1. The van der Waals surface area contributed by atoms with Gasteiger partial charge in [0.15, 0.2) is 11.6 Å². The average Bonchev–Trinajstić information content (AvgIpc) is 2.15. The number of carbonyl (C=O) groups excluding carboxylic acids is 2. The van der Waals surface area contributed by atoms with Gasteiger partial charge in [0, 0.05) is 16.7 Å². The molecule has 0 heterocycles. The van der Waals surface area contributed by atoms with Gasteiger partial charge in [-0.25, -0.2) is 0 Å². The Hall–Kier alpha value is -1.70. The fourth-order valence-electron chi connectivity index (χ4n) is 1.38. The van der Waals surface area contributed by atoms with Gasteiger partial charge in [-0.05, 0) is 19.1 Å². The summed E-state index contributed by atoms with van der Waals surface area (Å²) >= 11 is 0. The lowest BCUT2D eigenvalue weighted by atomic mass is 9.90. The van der Waals surface area contributed by atoms with Crippen LogP contribution >= 0.6 is 0 Å². The first-order valence-electron chi connectivity index (χ1n) is 3.98. The molecule has 0 fully saturated rings. The van der Waals surface area contributed by atoms with Crippen molar-refractivity contribution in [1.29, 1.82) is 0 Å². The number of carbonyl (C=O) groups is 2. The van der Waals surface area contributed by atoms with Crippen molar-refractivity contribution in [1.82, 2.24) is 0 Å². The summed E-state index contributed by atoms with van der Waals surface area (Å²) < 4.78 is 0. The zero-order chi connectivity index (χ0) is 9.42. The molecule has 2 rings (SSSR count). The first-order chi connectivity index (χ1) is 6.20. The van der Waals surface area contributed by atoms with Crippen LogP contribution in [0, 0.1) is 6.07 Å². The van der Waals surface area contributed by atoms with Gasteiger partial charge in [-0.3, -0.25) is 9.59 Å². The Labute approximate surface area is 75.9 Å². The molecule has 0 amide bonds. The first kappa shape index (κ1) is 7.92. The minimum atomic E-state index is -0.132. The Balaban J connectivity index is 2.69. The third-order valence-corrected chi connectivity index (χ3v) is 2.05. The van der Waals surface area contributed by atoms with Crippen LogP contribution in [0.15, 0.2) is 29.8 Å². The fourth-order valence-corrected chi connectivity index (χ4v) is 1.38. The molecule has 1 aromatic carbocycles. The summed E-state index contributed by atoms with van der Waals surface area (Å²) in [5.41, 5.74) is 1.35. The molecule has 63 valence electrons. The second-order valence-corrected chi connectivity index (χ2v) is 2.98. The van der Waals surface area contributed by atoms with Crippen molar-refractivity contribution < 1.29 is 9.59 Å². The van der Waals surface area contributed by atoms with Crippen LogP contribution in [-0.4, -0.2) is 11.6 Å². The lowest BCUT2D eigenvalue weighted by Gasteiger charge is -2.10. The van der Waals surface area contributed by atoms with Gasteiger partial charge < -0.3 is 0 Å². The van der Waals surface area contributed by atoms with Crippen LogP contribution in [0.3, 0.4) is 0 Å². The molecule has 0 N–H and O–H groups in total. The normalized spacial score (nSPS) is 15.3. The summed E-state index contributed by atoms with van der Waals surface area (Å²) in [7, 11) is 0. The Kier molecular flexibility index (Phi) is 1.62. The number of rotatable bonds is 0. The Bertz CT molecular complexity index is 427. The quantitative estimate of drug-likeness (QED) is 0.596. The van der Waals surface area contributed by atoms with E-state index in [-0.39, 0.29) is 11.6 Å². The van der Waals surface area contributed by atoms with Crippen molar-refractivity contribution >= 4 is 11.6 Å². The van der Waals surface area contributed by atoms with Crippen molar-refractivity contribution in [3.05, 3.63) is 47.0 Å². The molecule has 1 radical (unpaired) electrons. The fraction of sp³-hybridized carbons (Fsp3) is 0.0909. The first-order valence-corrected chi connectivity index (χ1v) is 3.98. The zero-order valence-electron chi connectivity index (χ0n) is 7.13. The van der Waals surface area contributed by atoms with Gasteiger partial charge in [-0.15, -0.1) is 0 Å². The van der Waals surface area contributed by atoms with E-state index in [1.165, 1.54) is 6.08 Å². The highest BCUT2D eigenvalue weighted by atomic mass is 16.1. The summed E-state index contributed by atoms with van der Waals surface area (Å²) in [6.07, 6.45) is 1.36. The summed E-state index contributed by atoms with van der Waals surface area (Å²) in [6.45, 7) is 1.65. The summed E-state index contributed by atoms with van der Waals surface area (Å²) in [6, 6.07) is 7.78. The maximum atomic E-state index is 11.5. The standard InChI is InChI=1S/C11H7O2/c1-7-6-10(12)8-4-2-3-5-9(8)11(7)13/h2-3,5-6H,1H3. The van der Waals surface area contributed by atoms with E-state index in [0.29, 0.717) is 16.7 Å². The van der Waals surface area contributed by atoms with Gasteiger partial charge in [0.05, 0.1) is 0 Å². The Morgan fingerprint density at radius 3 is 2.85 bits per heavy atom. The minimum absolute atomic E-state index is 0.0774. The Morgan fingerprint density at radius 1 is 1.31 bits per heavy atom. The van der Waals surface area contributed by atoms with E-state index in [0.717, 1.165) is 0 Å². The van der Waals surface area contributed by atoms with Crippen LogP contribution in [-0.2, 0) is 0 Å². The second-order valence-electron chi connectivity index (χ2n) is 2.98. The number of benzene rings is 1. The number of allylic oxidation sites excluding steroid dienone is 2. The molecular formula is C11H7O2. The van der Waals surface area contributed by atoms with Crippen LogP contribution in [0.25, 0.3) is 0 Å². The molecule has 1 aromatic rings. The van der Waals surface area contributed by atoms with Gasteiger partial charge in [0.1, 0.15) is 0 Å². The van der Waals surface area contributed by atoms with Gasteiger partial charge in [-0.2, -0.15) is 0 Å². The predicted octanol–water partition coefficient (Wildman–Crippen LogP) is 1.81. The molecular weight excluding hydrogens is 164 g/mol. The van der Waals surface area contributed by atoms with Crippen LogP contribution in [0.1, 0.15) is 27.6 Å². The third kappa shape index (κ3) is 1.11. The highest BCUT2D eigenvalue weighted by Crippen LogP contribution is 2.19. The molecule has 0 bridgehead atoms. The maximum Gasteiger partial charge on any atom is 0.189 e. The van der Waals surface area contributed by atoms with Gasteiger partial charge in [-0.1, -0.05) is 18.2 Å². The van der Waals surface area contributed by atoms with Gasteiger partial charge in [0.25, 0.3) is 0 Å². The smallest absolute Gasteiger partial charge is 0.189 e. The molecule has 1 aliphatic carbocycles. The number of ketones is 2. The number of fused-ring (bicyclic) bond motifs is 1. The van der Waals surface area contributed by atoms with E-state index >= 15 is 0 Å². The van der Waals surface area contributed by atoms with Crippen LogP contribution in [0.5, 0.6) is 0 Å². The average molecular weight is 171 g/mol. The molecule has 0 atom stereocenters. The van der Waals surface area contributed by atoms with E-state index in [4.69, 9.17) is 0 Å². The molecule has 2 nitrogen and oxygen atoms in total. The van der Waals surface area contributed by atoms with Gasteiger partial charge >= 0.3 is 0 Å². The molecule has 0 spiro atoms. The minimum Gasteiger partial charge on any atom is -0.289 e. The molecule has 0 unspecified atom stereocenters. The third-order valence-electron chi connectivity index (χ3n) is 2.05. The Morgan fingerprint density at radius 2 is 2.08 bits per heavy atom. The lowest BCUT2D eigenvalue weighted by molar-refractivity contribution is 0.0984. The summed E-state index contributed by atoms with van der Waals surface area (Å²) in [5.74, 6) is -0.209. The van der Waals surface area contributed by atoms with Crippen molar-refractivity contribution in [3.8, 4) is 0 Å². The second kappa shape index (κ2) is 2.66. The lowest BCUT2D eigenvalue weighted by Crippen LogP contribution is -2.15. The van der Waals surface area contributed by atoms with E-state index in [2.05, 4.69) is 6.07 Å². The van der Waals surface area contributed by atoms with E-state index in [1.807, 2.05) is 0 Å². The molecule has 0 saturated heterocycles. The zero-order valence-corrected chi connectivity index (χ0v) is 7.13. The van der Waals surface area contributed by atoms with Crippen molar-refractivity contribution in [2.45, 2.75) is 6.92 Å². The molecule has 13 heavy (non-hydrogen) atoms. The van der Waals surface area contributed by atoms with Crippen molar-refractivity contribution in [3.63, 3.8) is 0 Å².